The van der Waals surface area contributed by atoms with Crippen molar-refractivity contribution in [1.29, 1.82) is 0 Å². The van der Waals surface area contributed by atoms with Gasteiger partial charge in [0.1, 0.15) is 5.75 Å². The van der Waals surface area contributed by atoms with Gasteiger partial charge in [0.25, 0.3) is 0 Å². The standard InChI is InChI=1S/C11H17NO2/c1-9(14-2)7-12-8-10-3-5-11(13)6-4-10/h3-6,9,12-13H,7-8H2,1-2H3. The van der Waals surface area contributed by atoms with E-state index >= 15 is 0 Å². The lowest BCUT2D eigenvalue weighted by molar-refractivity contribution is 0.117. The molecule has 1 aromatic carbocycles. The van der Waals surface area contributed by atoms with Crippen molar-refractivity contribution in [1.82, 2.24) is 5.32 Å². The van der Waals surface area contributed by atoms with Crippen LogP contribution in [0.1, 0.15) is 12.5 Å². The topological polar surface area (TPSA) is 41.5 Å². The zero-order valence-electron chi connectivity index (χ0n) is 8.66. The quantitative estimate of drug-likeness (QED) is 0.748. The molecular weight excluding hydrogens is 178 g/mol. The fourth-order valence-corrected chi connectivity index (χ4v) is 1.12. The molecule has 3 nitrogen and oxygen atoms in total. The van der Waals surface area contributed by atoms with Crippen LogP contribution in [0.5, 0.6) is 5.75 Å². The minimum Gasteiger partial charge on any atom is -0.508 e. The molecular formula is C11H17NO2. The van der Waals surface area contributed by atoms with Crippen molar-refractivity contribution in [2.45, 2.75) is 19.6 Å². The summed E-state index contributed by atoms with van der Waals surface area (Å²) in [5, 5.41) is 12.3. The molecule has 0 aliphatic heterocycles. The number of aromatic hydroxyl groups is 1. The van der Waals surface area contributed by atoms with E-state index in [1.54, 1.807) is 19.2 Å². The highest BCUT2D eigenvalue weighted by Crippen LogP contribution is 2.08. The Kier molecular flexibility index (Phi) is 4.43. The Hall–Kier alpha value is -1.06. The van der Waals surface area contributed by atoms with Crippen LogP contribution >= 0.6 is 0 Å². The molecule has 78 valence electrons. The molecule has 1 atom stereocenters. The van der Waals surface area contributed by atoms with Gasteiger partial charge in [-0.3, -0.25) is 0 Å². The zero-order valence-corrected chi connectivity index (χ0v) is 8.66. The van der Waals surface area contributed by atoms with Crippen molar-refractivity contribution in [3.63, 3.8) is 0 Å². The Morgan fingerprint density at radius 1 is 1.36 bits per heavy atom. The summed E-state index contributed by atoms with van der Waals surface area (Å²) >= 11 is 0. The monoisotopic (exact) mass is 195 g/mol. The SMILES string of the molecule is COC(C)CNCc1ccc(O)cc1. The van der Waals surface area contributed by atoms with Crippen LogP contribution in [-0.4, -0.2) is 24.9 Å². The van der Waals surface area contributed by atoms with Crippen LogP contribution in [0.15, 0.2) is 24.3 Å². The molecule has 0 saturated heterocycles. The summed E-state index contributed by atoms with van der Waals surface area (Å²) in [5.74, 6) is 0.305. The van der Waals surface area contributed by atoms with E-state index in [9.17, 15) is 0 Å². The van der Waals surface area contributed by atoms with Gasteiger partial charge in [-0.15, -0.1) is 0 Å². The largest absolute Gasteiger partial charge is 0.508 e. The Morgan fingerprint density at radius 3 is 2.57 bits per heavy atom. The van der Waals surface area contributed by atoms with Crippen LogP contribution in [0.2, 0.25) is 0 Å². The normalized spacial score (nSPS) is 12.7. The van der Waals surface area contributed by atoms with Crippen molar-refractivity contribution >= 4 is 0 Å². The summed E-state index contributed by atoms with van der Waals surface area (Å²) < 4.78 is 5.10. The molecule has 0 aromatic heterocycles. The third-order valence-electron chi connectivity index (χ3n) is 2.10. The van der Waals surface area contributed by atoms with E-state index in [0.717, 1.165) is 18.7 Å². The third kappa shape index (κ3) is 3.77. The first-order chi connectivity index (χ1) is 6.72. The molecule has 3 heteroatoms. The average Bonchev–Trinajstić information content (AvgIpc) is 2.21. The molecule has 1 aromatic rings. The minimum atomic E-state index is 0.229. The van der Waals surface area contributed by atoms with Crippen LogP contribution < -0.4 is 5.32 Å². The van der Waals surface area contributed by atoms with E-state index in [1.165, 1.54) is 0 Å². The lowest BCUT2D eigenvalue weighted by Gasteiger charge is -2.10. The first-order valence-corrected chi connectivity index (χ1v) is 4.74. The molecule has 2 N–H and O–H groups in total. The molecule has 0 radical (unpaired) electrons. The smallest absolute Gasteiger partial charge is 0.115 e. The highest BCUT2D eigenvalue weighted by atomic mass is 16.5. The van der Waals surface area contributed by atoms with E-state index in [4.69, 9.17) is 9.84 Å². The van der Waals surface area contributed by atoms with Crippen molar-refractivity contribution in [2.24, 2.45) is 0 Å². The number of nitrogens with one attached hydrogen (secondary N) is 1. The van der Waals surface area contributed by atoms with Crippen LogP contribution in [-0.2, 0) is 11.3 Å². The second-order valence-electron chi connectivity index (χ2n) is 3.34. The van der Waals surface area contributed by atoms with Gasteiger partial charge in [-0.25, -0.2) is 0 Å². The average molecular weight is 195 g/mol. The van der Waals surface area contributed by atoms with E-state index in [0.29, 0.717) is 5.75 Å². The fourth-order valence-electron chi connectivity index (χ4n) is 1.12. The molecule has 1 rings (SSSR count). The number of methoxy groups -OCH3 is 1. The molecule has 0 spiro atoms. The first-order valence-electron chi connectivity index (χ1n) is 4.74. The number of hydrogen-bond acceptors (Lipinski definition) is 3. The number of benzene rings is 1. The summed E-state index contributed by atoms with van der Waals surface area (Å²) in [7, 11) is 1.70. The fraction of sp³-hybridized carbons (Fsp3) is 0.455. The Labute approximate surface area is 84.7 Å². The predicted molar refractivity (Wildman–Crippen MR) is 56.3 cm³/mol. The maximum absolute atomic E-state index is 9.07. The Bertz CT molecular complexity index is 258. The van der Waals surface area contributed by atoms with Gasteiger partial charge < -0.3 is 15.2 Å². The van der Waals surface area contributed by atoms with Gasteiger partial charge in [0, 0.05) is 20.2 Å². The van der Waals surface area contributed by atoms with Gasteiger partial charge in [-0.05, 0) is 24.6 Å². The zero-order chi connectivity index (χ0) is 10.4. The van der Waals surface area contributed by atoms with E-state index in [-0.39, 0.29) is 6.10 Å². The van der Waals surface area contributed by atoms with Crippen molar-refractivity contribution in [2.75, 3.05) is 13.7 Å². The highest BCUT2D eigenvalue weighted by Gasteiger charge is 1.98. The van der Waals surface area contributed by atoms with Gasteiger partial charge in [-0.1, -0.05) is 12.1 Å². The third-order valence-corrected chi connectivity index (χ3v) is 2.10. The van der Waals surface area contributed by atoms with Crippen LogP contribution in [0.3, 0.4) is 0 Å². The Morgan fingerprint density at radius 2 is 2.00 bits per heavy atom. The maximum atomic E-state index is 9.07. The molecule has 14 heavy (non-hydrogen) atoms. The summed E-state index contributed by atoms with van der Waals surface area (Å²) in [6.07, 6.45) is 0.229. The summed E-state index contributed by atoms with van der Waals surface area (Å²) in [5.41, 5.74) is 1.16. The predicted octanol–water partition coefficient (Wildman–Crippen LogP) is 1.52. The van der Waals surface area contributed by atoms with E-state index in [1.807, 2.05) is 19.1 Å². The van der Waals surface area contributed by atoms with Crippen molar-refractivity contribution < 1.29 is 9.84 Å². The second kappa shape index (κ2) is 5.62. The molecule has 0 heterocycles. The van der Waals surface area contributed by atoms with Crippen molar-refractivity contribution in [3.05, 3.63) is 29.8 Å². The van der Waals surface area contributed by atoms with Crippen LogP contribution in [0.25, 0.3) is 0 Å². The van der Waals surface area contributed by atoms with E-state index in [2.05, 4.69) is 5.32 Å². The number of hydrogen-bond donors (Lipinski definition) is 2. The molecule has 0 aliphatic rings. The number of rotatable bonds is 5. The second-order valence-corrected chi connectivity index (χ2v) is 3.34. The molecule has 0 bridgehead atoms. The van der Waals surface area contributed by atoms with Crippen LogP contribution in [0, 0.1) is 0 Å². The maximum Gasteiger partial charge on any atom is 0.115 e. The number of ether oxygens (including phenoxy) is 1. The van der Waals surface area contributed by atoms with Gasteiger partial charge in [0.2, 0.25) is 0 Å². The van der Waals surface area contributed by atoms with Gasteiger partial charge in [0.15, 0.2) is 0 Å². The lowest BCUT2D eigenvalue weighted by atomic mass is 10.2. The van der Waals surface area contributed by atoms with Crippen LogP contribution in [0.4, 0.5) is 0 Å². The molecule has 1 unspecified atom stereocenters. The number of phenols is 1. The van der Waals surface area contributed by atoms with Gasteiger partial charge in [-0.2, -0.15) is 0 Å². The van der Waals surface area contributed by atoms with E-state index < -0.39 is 0 Å². The van der Waals surface area contributed by atoms with Gasteiger partial charge >= 0.3 is 0 Å². The molecule has 0 fully saturated rings. The first kappa shape index (κ1) is 11.0. The van der Waals surface area contributed by atoms with Gasteiger partial charge in [0.05, 0.1) is 6.10 Å². The summed E-state index contributed by atoms with van der Waals surface area (Å²) in [6, 6.07) is 7.19. The minimum absolute atomic E-state index is 0.229. The summed E-state index contributed by atoms with van der Waals surface area (Å²) in [6.45, 7) is 3.65. The number of phenolic OH excluding ortho intramolecular Hbond substituents is 1. The molecule has 0 amide bonds. The Balaban J connectivity index is 2.28. The highest BCUT2D eigenvalue weighted by molar-refractivity contribution is 5.25. The molecule has 0 saturated carbocycles. The lowest BCUT2D eigenvalue weighted by Crippen LogP contribution is -2.25. The van der Waals surface area contributed by atoms with Crippen molar-refractivity contribution in [3.8, 4) is 5.75 Å². The molecule has 0 aliphatic carbocycles. The summed E-state index contributed by atoms with van der Waals surface area (Å²) in [4.78, 5) is 0.